The maximum absolute atomic E-state index is 14.5. The SMILES string of the molecule is CCCCCc1ccc(-c2cc3ccc(OC4CCC(OC(=O)C(C)(C)C(C)(N)CC(C)(C)N)C4C(F)(F)F)cc3s2)c(OC(F)(F)F)c1. The second kappa shape index (κ2) is 14.3. The largest absolute Gasteiger partial charge is 0.573 e. The summed E-state index contributed by atoms with van der Waals surface area (Å²) in [5, 5.41) is 0.677. The number of carbonyl (C=O) groups excluding carboxylic acids is 1. The van der Waals surface area contributed by atoms with Crippen LogP contribution >= 0.6 is 11.3 Å². The van der Waals surface area contributed by atoms with Crippen molar-refractivity contribution in [3.63, 3.8) is 0 Å². The van der Waals surface area contributed by atoms with Crippen molar-refractivity contribution in [2.75, 3.05) is 0 Å². The molecule has 1 aliphatic rings. The van der Waals surface area contributed by atoms with Crippen LogP contribution in [0.2, 0.25) is 0 Å². The summed E-state index contributed by atoms with van der Waals surface area (Å²) in [6.07, 6.45) is -8.93. The molecule has 6 nitrogen and oxygen atoms in total. The van der Waals surface area contributed by atoms with Gasteiger partial charge in [0.25, 0.3) is 0 Å². The van der Waals surface area contributed by atoms with Gasteiger partial charge in [-0.2, -0.15) is 13.2 Å². The zero-order valence-electron chi connectivity index (χ0n) is 28.7. The number of hydrogen-bond donors (Lipinski definition) is 2. The molecule has 4 atom stereocenters. The fourth-order valence-corrected chi connectivity index (χ4v) is 7.53. The molecule has 0 radical (unpaired) electrons. The molecule has 2 aromatic carbocycles. The molecule has 4 N–H and O–H groups in total. The molecular formula is C36H46F6N2O4S. The molecule has 1 aromatic heterocycles. The van der Waals surface area contributed by atoms with E-state index in [1.807, 2.05) is 6.92 Å². The number of benzene rings is 2. The molecule has 0 amide bonds. The van der Waals surface area contributed by atoms with E-state index in [2.05, 4.69) is 4.74 Å². The highest BCUT2D eigenvalue weighted by atomic mass is 32.1. The van der Waals surface area contributed by atoms with E-state index < -0.39 is 53.1 Å². The molecule has 0 spiro atoms. The highest BCUT2D eigenvalue weighted by molar-refractivity contribution is 7.22. The van der Waals surface area contributed by atoms with E-state index in [0.717, 1.165) is 24.8 Å². The first kappa shape index (κ1) is 38.8. The maximum Gasteiger partial charge on any atom is 0.573 e. The summed E-state index contributed by atoms with van der Waals surface area (Å²) in [6.45, 7) is 10.2. The predicted molar refractivity (Wildman–Crippen MR) is 180 cm³/mol. The van der Waals surface area contributed by atoms with Crippen LogP contribution in [-0.4, -0.2) is 41.8 Å². The monoisotopic (exact) mass is 716 g/mol. The Balaban J connectivity index is 1.56. The summed E-state index contributed by atoms with van der Waals surface area (Å²) in [7, 11) is 0. The lowest BCUT2D eigenvalue weighted by atomic mass is 9.68. The Hall–Kier alpha value is -3.03. The number of halogens is 6. The van der Waals surface area contributed by atoms with Crippen LogP contribution in [0.25, 0.3) is 20.5 Å². The third kappa shape index (κ3) is 9.61. The number of esters is 1. The summed E-state index contributed by atoms with van der Waals surface area (Å²) in [5.41, 5.74) is 10.3. The fraction of sp³-hybridized carbons (Fsp3) is 0.583. The molecule has 1 heterocycles. The maximum atomic E-state index is 14.5. The average Bonchev–Trinajstić information content (AvgIpc) is 3.54. The van der Waals surface area contributed by atoms with E-state index in [0.29, 0.717) is 21.4 Å². The van der Waals surface area contributed by atoms with Crippen LogP contribution in [0.15, 0.2) is 42.5 Å². The molecule has 49 heavy (non-hydrogen) atoms. The van der Waals surface area contributed by atoms with Crippen molar-refractivity contribution in [3.8, 4) is 21.9 Å². The van der Waals surface area contributed by atoms with Crippen LogP contribution in [0.1, 0.15) is 85.6 Å². The summed E-state index contributed by atoms with van der Waals surface area (Å²) < 4.78 is 100.0. The van der Waals surface area contributed by atoms with E-state index in [1.54, 1.807) is 51.1 Å². The first-order valence-electron chi connectivity index (χ1n) is 16.5. The van der Waals surface area contributed by atoms with Gasteiger partial charge in [-0.05, 0) is 114 Å². The molecule has 1 aliphatic carbocycles. The minimum absolute atomic E-state index is 0.0191. The van der Waals surface area contributed by atoms with Crippen LogP contribution in [0.4, 0.5) is 26.3 Å². The Morgan fingerprint density at radius 1 is 0.898 bits per heavy atom. The van der Waals surface area contributed by atoms with Crippen LogP contribution < -0.4 is 20.9 Å². The zero-order chi connectivity index (χ0) is 36.6. The Labute approximate surface area is 287 Å². The van der Waals surface area contributed by atoms with Gasteiger partial charge in [0.05, 0.1) is 5.41 Å². The molecule has 1 fully saturated rings. The molecule has 4 unspecified atom stereocenters. The van der Waals surface area contributed by atoms with Gasteiger partial charge < -0.3 is 25.7 Å². The number of thiophene rings is 1. The van der Waals surface area contributed by atoms with Crippen molar-refractivity contribution in [1.82, 2.24) is 0 Å². The summed E-state index contributed by atoms with van der Waals surface area (Å²) in [6, 6.07) is 11.2. The lowest BCUT2D eigenvalue weighted by Crippen LogP contribution is -2.59. The molecule has 0 saturated heterocycles. The third-order valence-electron chi connectivity index (χ3n) is 9.32. The van der Waals surface area contributed by atoms with E-state index in [4.69, 9.17) is 20.9 Å². The number of unbranched alkanes of at least 4 members (excludes halogenated alkanes) is 2. The van der Waals surface area contributed by atoms with Crippen molar-refractivity contribution in [2.24, 2.45) is 22.8 Å². The Kier molecular flexibility index (Phi) is 11.3. The van der Waals surface area contributed by atoms with E-state index in [-0.39, 0.29) is 36.3 Å². The first-order chi connectivity index (χ1) is 22.5. The molecule has 1 saturated carbocycles. The van der Waals surface area contributed by atoms with Crippen molar-refractivity contribution < 1.29 is 45.3 Å². The van der Waals surface area contributed by atoms with Gasteiger partial charge in [0, 0.05) is 26.2 Å². The van der Waals surface area contributed by atoms with Gasteiger partial charge in [-0.15, -0.1) is 24.5 Å². The minimum atomic E-state index is -4.89. The van der Waals surface area contributed by atoms with Gasteiger partial charge in [-0.1, -0.05) is 25.8 Å². The number of ether oxygens (including phenoxy) is 3. The van der Waals surface area contributed by atoms with Gasteiger partial charge in [-0.3, -0.25) is 4.79 Å². The normalized spacial score (nSPS) is 20.3. The standard InChI is InChI=1S/C36H46F6N2O4S/c1-7-8-9-10-21-11-14-24(27(17-21)48-36(40,41)42)29-18-22-12-13-23(19-28(22)49-29)46-25-15-16-26(30(25)35(37,38)39)47-31(45)33(4,5)34(6,44)20-32(2,3)43/h11-14,17-19,25-26,30H,7-10,15-16,20,43-44H2,1-6H3. The van der Waals surface area contributed by atoms with Crippen LogP contribution in [0.5, 0.6) is 11.5 Å². The fourth-order valence-electron chi connectivity index (χ4n) is 6.40. The van der Waals surface area contributed by atoms with E-state index in [9.17, 15) is 31.1 Å². The lowest BCUT2D eigenvalue weighted by molar-refractivity contribution is -0.274. The van der Waals surface area contributed by atoms with E-state index in [1.165, 1.54) is 37.3 Å². The summed E-state index contributed by atoms with van der Waals surface area (Å²) in [4.78, 5) is 13.8. The predicted octanol–water partition coefficient (Wildman–Crippen LogP) is 9.70. The molecule has 0 aliphatic heterocycles. The van der Waals surface area contributed by atoms with Crippen molar-refractivity contribution in [2.45, 2.75) is 122 Å². The summed E-state index contributed by atoms with van der Waals surface area (Å²) >= 11 is 1.17. The van der Waals surface area contributed by atoms with Crippen LogP contribution in [-0.2, 0) is 16.0 Å². The van der Waals surface area contributed by atoms with Crippen molar-refractivity contribution >= 4 is 27.4 Å². The number of rotatable bonds is 13. The quantitative estimate of drug-likeness (QED) is 0.104. The second-order valence-corrected chi connectivity index (χ2v) is 15.7. The molecule has 3 aromatic rings. The van der Waals surface area contributed by atoms with Gasteiger partial charge >= 0.3 is 18.5 Å². The topological polar surface area (TPSA) is 96.8 Å². The van der Waals surface area contributed by atoms with Crippen molar-refractivity contribution in [1.29, 1.82) is 0 Å². The second-order valence-electron chi connectivity index (χ2n) is 14.6. The molecule has 272 valence electrons. The number of hydrogen-bond acceptors (Lipinski definition) is 7. The smallest absolute Gasteiger partial charge is 0.490 e. The third-order valence-corrected chi connectivity index (χ3v) is 10.5. The Morgan fingerprint density at radius 3 is 2.18 bits per heavy atom. The average molecular weight is 717 g/mol. The minimum Gasteiger partial charge on any atom is -0.490 e. The first-order valence-corrected chi connectivity index (χ1v) is 17.3. The highest BCUT2D eigenvalue weighted by Gasteiger charge is 2.57. The Bertz CT molecular complexity index is 1610. The van der Waals surface area contributed by atoms with Gasteiger partial charge in [0.15, 0.2) is 0 Å². The van der Waals surface area contributed by atoms with Gasteiger partial charge in [0.2, 0.25) is 0 Å². The number of nitrogens with two attached hydrogens (primary N) is 2. The number of fused-ring (bicyclic) bond motifs is 1. The molecule has 0 bridgehead atoms. The molecule has 13 heteroatoms. The molecular weight excluding hydrogens is 670 g/mol. The summed E-state index contributed by atoms with van der Waals surface area (Å²) in [5.74, 6) is -3.09. The van der Waals surface area contributed by atoms with Crippen LogP contribution in [0, 0.1) is 11.3 Å². The molecule has 4 rings (SSSR count). The highest BCUT2D eigenvalue weighted by Crippen LogP contribution is 2.46. The zero-order valence-corrected chi connectivity index (χ0v) is 29.5. The lowest BCUT2D eigenvalue weighted by Gasteiger charge is -2.43. The number of aryl methyl sites for hydroxylation is 1. The van der Waals surface area contributed by atoms with E-state index >= 15 is 0 Å². The number of alkyl halides is 6. The van der Waals surface area contributed by atoms with Gasteiger partial charge in [0.1, 0.15) is 29.6 Å². The van der Waals surface area contributed by atoms with Crippen molar-refractivity contribution in [3.05, 3.63) is 48.0 Å². The van der Waals surface area contributed by atoms with Crippen LogP contribution in [0.3, 0.4) is 0 Å². The number of carbonyl (C=O) groups is 1. The Morgan fingerprint density at radius 2 is 1.57 bits per heavy atom. The van der Waals surface area contributed by atoms with Gasteiger partial charge in [-0.25, -0.2) is 0 Å².